The molecule has 0 atom stereocenters. The van der Waals surface area contributed by atoms with Crippen LogP contribution in [0.1, 0.15) is 4.88 Å². The molecule has 0 aliphatic carbocycles. The molecule has 0 unspecified atom stereocenters. The number of nitrogen functional groups attached to an aromatic ring is 1. The Hall–Kier alpha value is -1.000. The number of pyridine rings is 1. The van der Waals surface area contributed by atoms with Gasteiger partial charge >= 0.3 is 0 Å². The van der Waals surface area contributed by atoms with Crippen molar-refractivity contribution in [2.45, 2.75) is 11.3 Å². The molecule has 0 saturated heterocycles. The molecule has 2 aromatic rings. The SMILES string of the molecule is NNc1ccncc1S(=O)(=O)NCCc1ccc(Br)s1. The molecule has 9 heteroatoms. The summed E-state index contributed by atoms with van der Waals surface area (Å²) in [5, 5.41) is 0. The summed E-state index contributed by atoms with van der Waals surface area (Å²) < 4.78 is 27.9. The summed E-state index contributed by atoms with van der Waals surface area (Å²) in [6.07, 6.45) is 3.36. The zero-order valence-electron chi connectivity index (χ0n) is 10.3. The Kier molecular flexibility index (Phi) is 5.11. The van der Waals surface area contributed by atoms with Crippen LogP contribution in [-0.2, 0) is 16.4 Å². The van der Waals surface area contributed by atoms with Crippen LogP contribution < -0.4 is 16.0 Å². The van der Waals surface area contributed by atoms with Gasteiger partial charge in [0.2, 0.25) is 10.0 Å². The third-order valence-corrected chi connectivity index (χ3v) is 5.69. The van der Waals surface area contributed by atoms with Gasteiger partial charge in [0, 0.05) is 23.8 Å². The first-order chi connectivity index (χ1) is 9.53. The maximum atomic E-state index is 12.2. The standard InChI is InChI=1S/C11H13BrN4O2S2/c12-11-2-1-8(19-11)3-6-15-20(17,18)10-7-14-5-4-9(10)16-13/h1-2,4-5,7,15H,3,6,13H2,(H,14,16). The van der Waals surface area contributed by atoms with E-state index in [-0.39, 0.29) is 4.90 Å². The van der Waals surface area contributed by atoms with Crippen LogP contribution in [0.2, 0.25) is 0 Å². The summed E-state index contributed by atoms with van der Waals surface area (Å²) in [5.74, 6) is 5.30. The normalized spacial score (nSPS) is 11.5. The lowest BCUT2D eigenvalue weighted by atomic mass is 10.3. The molecule has 0 spiro atoms. The highest BCUT2D eigenvalue weighted by atomic mass is 79.9. The van der Waals surface area contributed by atoms with Crippen LogP contribution in [0.3, 0.4) is 0 Å². The number of nitrogens with two attached hydrogens (primary N) is 1. The Bertz CT molecular complexity index is 687. The van der Waals surface area contributed by atoms with E-state index in [4.69, 9.17) is 5.84 Å². The maximum Gasteiger partial charge on any atom is 0.244 e. The van der Waals surface area contributed by atoms with Gasteiger partial charge in [-0.3, -0.25) is 10.8 Å². The molecule has 0 radical (unpaired) electrons. The lowest BCUT2D eigenvalue weighted by Gasteiger charge is -2.09. The number of aromatic nitrogens is 1. The molecule has 6 nitrogen and oxygen atoms in total. The van der Waals surface area contributed by atoms with Crippen molar-refractivity contribution >= 4 is 43.0 Å². The molecule has 2 heterocycles. The zero-order valence-corrected chi connectivity index (χ0v) is 13.6. The Morgan fingerprint density at radius 3 is 2.80 bits per heavy atom. The van der Waals surface area contributed by atoms with Crippen LogP contribution in [0, 0.1) is 0 Å². The summed E-state index contributed by atoms with van der Waals surface area (Å²) >= 11 is 4.95. The molecule has 2 aromatic heterocycles. The number of thiophene rings is 1. The van der Waals surface area contributed by atoms with Gasteiger partial charge in [-0.15, -0.1) is 11.3 Å². The van der Waals surface area contributed by atoms with Gasteiger partial charge in [-0.2, -0.15) is 0 Å². The number of hydrogen-bond acceptors (Lipinski definition) is 6. The van der Waals surface area contributed by atoms with Crippen LogP contribution >= 0.6 is 27.3 Å². The third-order valence-electron chi connectivity index (χ3n) is 2.52. The van der Waals surface area contributed by atoms with Crippen molar-refractivity contribution in [1.29, 1.82) is 0 Å². The number of sulfonamides is 1. The highest BCUT2D eigenvalue weighted by Gasteiger charge is 2.18. The van der Waals surface area contributed by atoms with Gasteiger partial charge in [0.1, 0.15) is 4.90 Å². The van der Waals surface area contributed by atoms with E-state index in [0.717, 1.165) is 8.66 Å². The van der Waals surface area contributed by atoms with Gasteiger partial charge in [-0.25, -0.2) is 13.1 Å². The van der Waals surface area contributed by atoms with E-state index >= 15 is 0 Å². The highest BCUT2D eigenvalue weighted by Crippen LogP contribution is 2.22. The van der Waals surface area contributed by atoms with Crippen LogP contribution in [0.4, 0.5) is 5.69 Å². The van der Waals surface area contributed by atoms with Crippen molar-refractivity contribution in [1.82, 2.24) is 9.71 Å². The number of hydrogen-bond donors (Lipinski definition) is 3. The summed E-state index contributed by atoms with van der Waals surface area (Å²) in [5.41, 5.74) is 2.66. The maximum absolute atomic E-state index is 12.2. The Morgan fingerprint density at radius 1 is 1.35 bits per heavy atom. The van der Waals surface area contributed by atoms with Crippen molar-refractivity contribution in [3.8, 4) is 0 Å². The van der Waals surface area contributed by atoms with Gasteiger partial charge in [0.05, 0.1) is 9.47 Å². The van der Waals surface area contributed by atoms with Gasteiger partial charge < -0.3 is 5.43 Å². The number of hydrazine groups is 1. The molecule has 0 aromatic carbocycles. The van der Waals surface area contributed by atoms with Crippen LogP contribution in [0.25, 0.3) is 0 Å². The van der Waals surface area contributed by atoms with Crippen molar-refractivity contribution in [3.05, 3.63) is 39.3 Å². The predicted molar refractivity (Wildman–Crippen MR) is 83.0 cm³/mol. The van der Waals surface area contributed by atoms with Crippen molar-refractivity contribution in [2.24, 2.45) is 5.84 Å². The van der Waals surface area contributed by atoms with Crippen LogP contribution in [0.5, 0.6) is 0 Å². The van der Waals surface area contributed by atoms with Gasteiger partial charge in [-0.1, -0.05) is 0 Å². The molecule has 0 aliphatic rings. The molecule has 0 fully saturated rings. The zero-order chi connectivity index (χ0) is 14.6. The largest absolute Gasteiger partial charge is 0.323 e. The van der Waals surface area contributed by atoms with E-state index in [1.54, 1.807) is 11.3 Å². The first kappa shape index (κ1) is 15.4. The lowest BCUT2D eigenvalue weighted by molar-refractivity contribution is 0.581. The van der Waals surface area contributed by atoms with Crippen molar-refractivity contribution < 1.29 is 8.42 Å². The molecular weight excluding hydrogens is 364 g/mol. The minimum Gasteiger partial charge on any atom is -0.323 e. The first-order valence-corrected chi connectivity index (χ1v) is 8.77. The van der Waals surface area contributed by atoms with Crippen LogP contribution in [-0.4, -0.2) is 19.9 Å². The van der Waals surface area contributed by atoms with Crippen LogP contribution in [0.15, 0.2) is 39.3 Å². The summed E-state index contributed by atoms with van der Waals surface area (Å²) in [6, 6.07) is 5.40. The molecule has 0 amide bonds. The fourth-order valence-corrected chi connectivity index (χ4v) is 4.21. The summed E-state index contributed by atoms with van der Waals surface area (Å²) in [6.45, 7) is 0.314. The van der Waals surface area contributed by atoms with E-state index < -0.39 is 10.0 Å². The lowest BCUT2D eigenvalue weighted by Crippen LogP contribution is -2.27. The summed E-state index contributed by atoms with van der Waals surface area (Å²) in [4.78, 5) is 4.95. The second kappa shape index (κ2) is 6.64. The number of nitrogens with one attached hydrogen (secondary N) is 2. The third kappa shape index (κ3) is 3.76. The second-order valence-electron chi connectivity index (χ2n) is 3.87. The fourth-order valence-electron chi connectivity index (χ4n) is 1.59. The minimum absolute atomic E-state index is 0.0369. The molecule has 4 N–H and O–H groups in total. The highest BCUT2D eigenvalue weighted by molar-refractivity contribution is 9.11. The number of halogens is 1. The average molecular weight is 377 g/mol. The van der Waals surface area contributed by atoms with E-state index in [1.165, 1.54) is 18.5 Å². The molecular formula is C11H13BrN4O2S2. The Morgan fingerprint density at radius 2 is 2.15 bits per heavy atom. The van der Waals surface area contributed by atoms with Crippen molar-refractivity contribution in [3.63, 3.8) is 0 Å². The van der Waals surface area contributed by atoms with E-state index in [0.29, 0.717) is 18.7 Å². The minimum atomic E-state index is -3.63. The monoisotopic (exact) mass is 376 g/mol. The number of anilines is 1. The van der Waals surface area contributed by atoms with Gasteiger partial charge in [0.25, 0.3) is 0 Å². The molecule has 0 bridgehead atoms. The molecule has 108 valence electrons. The van der Waals surface area contributed by atoms with Gasteiger partial charge in [0.15, 0.2) is 0 Å². The number of nitrogens with zero attached hydrogens (tertiary/aromatic N) is 1. The van der Waals surface area contributed by atoms with E-state index in [1.807, 2.05) is 12.1 Å². The fraction of sp³-hybridized carbons (Fsp3) is 0.182. The van der Waals surface area contributed by atoms with E-state index in [9.17, 15) is 8.42 Å². The molecule has 0 aliphatic heterocycles. The van der Waals surface area contributed by atoms with E-state index in [2.05, 4.69) is 31.1 Å². The summed E-state index contributed by atoms with van der Waals surface area (Å²) in [7, 11) is -3.63. The Labute approximate surface area is 129 Å². The van der Waals surface area contributed by atoms with Crippen molar-refractivity contribution in [2.75, 3.05) is 12.0 Å². The molecule has 0 saturated carbocycles. The molecule has 2 rings (SSSR count). The average Bonchev–Trinajstić information content (AvgIpc) is 2.84. The predicted octanol–water partition coefficient (Wildman–Crippen LogP) is 1.71. The smallest absolute Gasteiger partial charge is 0.244 e. The quantitative estimate of drug-likeness (QED) is 0.526. The topological polar surface area (TPSA) is 97.1 Å². The molecule has 20 heavy (non-hydrogen) atoms. The second-order valence-corrected chi connectivity index (χ2v) is 8.15. The van der Waals surface area contributed by atoms with Gasteiger partial charge in [-0.05, 0) is 40.5 Å². The first-order valence-electron chi connectivity index (χ1n) is 5.67. The number of rotatable bonds is 6. The Balaban J connectivity index is 2.04.